The zero-order valence-corrected chi connectivity index (χ0v) is 12.6. The van der Waals surface area contributed by atoms with Gasteiger partial charge in [0.05, 0.1) is 36.7 Å². The van der Waals surface area contributed by atoms with Crippen LogP contribution in [-0.2, 0) is 9.53 Å². The monoisotopic (exact) mass is 303 g/mol. The van der Waals surface area contributed by atoms with E-state index in [1.807, 2.05) is 0 Å². The van der Waals surface area contributed by atoms with E-state index in [1.165, 1.54) is 0 Å². The summed E-state index contributed by atoms with van der Waals surface area (Å²) >= 11 is 0. The van der Waals surface area contributed by atoms with Crippen molar-refractivity contribution in [1.29, 1.82) is 0 Å². The molecular weight excluding hydrogens is 282 g/mol. The molecule has 2 aliphatic rings. The van der Waals surface area contributed by atoms with E-state index in [1.54, 1.807) is 31.6 Å². The Hall–Kier alpha value is -2.15. The van der Waals surface area contributed by atoms with Crippen LogP contribution in [0.3, 0.4) is 0 Å². The normalized spacial score (nSPS) is 26.8. The molecule has 2 saturated heterocycles. The Morgan fingerprint density at radius 2 is 2.41 bits per heavy atom. The van der Waals surface area contributed by atoms with Gasteiger partial charge in [0.2, 0.25) is 5.91 Å². The van der Waals surface area contributed by atoms with Gasteiger partial charge in [-0.3, -0.25) is 14.8 Å². The first-order valence-electron chi connectivity index (χ1n) is 7.57. The molecule has 22 heavy (non-hydrogen) atoms. The van der Waals surface area contributed by atoms with Crippen molar-refractivity contribution < 1.29 is 9.53 Å². The molecule has 118 valence electrons. The SMILES string of the molecule is CN=C(NCC(=O)Nc1cccnc1)NC1CC2CCC1O2. The van der Waals surface area contributed by atoms with E-state index < -0.39 is 0 Å². The van der Waals surface area contributed by atoms with Gasteiger partial charge in [0.1, 0.15) is 0 Å². The first-order chi connectivity index (χ1) is 10.7. The van der Waals surface area contributed by atoms with E-state index in [2.05, 4.69) is 25.9 Å². The third-order valence-corrected chi connectivity index (χ3v) is 4.01. The highest BCUT2D eigenvalue weighted by atomic mass is 16.5. The van der Waals surface area contributed by atoms with E-state index in [0.29, 0.717) is 17.8 Å². The van der Waals surface area contributed by atoms with Gasteiger partial charge in [0, 0.05) is 13.2 Å². The molecule has 3 N–H and O–H groups in total. The molecule has 1 aromatic rings. The number of anilines is 1. The Morgan fingerprint density at radius 3 is 3.05 bits per heavy atom. The lowest BCUT2D eigenvalue weighted by molar-refractivity contribution is -0.115. The molecule has 0 aromatic carbocycles. The van der Waals surface area contributed by atoms with Crippen LogP contribution >= 0.6 is 0 Å². The molecule has 3 rings (SSSR count). The third-order valence-electron chi connectivity index (χ3n) is 4.01. The zero-order chi connectivity index (χ0) is 15.4. The number of aliphatic imine (C=N–C) groups is 1. The number of nitrogens with one attached hydrogen (secondary N) is 3. The topological polar surface area (TPSA) is 87.6 Å². The molecule has 0 radical (unpaired) electrons. The van der Waals surface area contributed by atoms with Crippen LogP contribution in [0.2, 0.25) is 0 Å². The molecule has 0 aliphatic carbocycles. The molecule has 7 heteroatoms. The van der Waals surface area contributed by atoms with E-state index in [-0.39, 0.29) is 24.6 Å². The number of nitrogens with zero attached hydrogens (tertiary/aromatic N) is 2. The molecule has 1 amide bonds. The smallest absolute Gasteiger partial charge is 0.243 e. The van der Waals surface area contributed by atoms with E-state index in [9.17, 15) is 4.79 Å². The van der Waals surface area contributed by atoms with E-state index in [4.69, 9.17) is 4.74 Å². The van der Waals surface area contributed by atoms with Crippen LogP contribution in [0.25, 0.3) is 0 Å². The number of pyridine rings is 1. The Bertz CT molecular complexity index is 548. The highest BCUT2D eigenvalue weighted by molar-refractivity contribution is 5.94. The van der Waals surface area contributed by atoms with Gasteiger partial charge in [0.25, 0.3) is 0 Å². The number of guanidine groups is 1. The maximum atomic E-state index is 11.9. The molecule has 7 nitrogen and oxygen atoms in total. The number of hydrogen-bond acceptors (Lipinski definition) is 4. The molecule has 2 aliphatic heterocycles. The first kappa shape index (κ1) is 14.8. The number of aromatic nitrogens is 1. The minimum atomic E-state index is -0.139. The molecule has 1 aromatic heterocycles. The summed E-state index contributed by atoms with van der Waals surface area (Å²) in [5.74, 6) is 0.489. The Morgan fingerprint density at radius 1 is 1.50 bits per heavy atom. The van der Waals surface area contributed by atoms with Gasteiger partial charge in [-0.25, -0.2) is 0 Å². The Labute approximate surface area is 129 Å². The van der Waals surface area contributed by atoms with Crippen molar-refractivity contribution in [2.45, 2.75) is 37.5 Å². The predicted molar refractivity (Wildman–Crippen MR) is 83.7 cm³/mol. The molecule has 2 fully saturated rings. The van der Waals surface area contributed by atoms with Crippen LogP contribution in [0.5, 0.6) is 0 Å². The summed E-state index contributed by atoms with van der Waals surface area (Å²) in [6.07, 6.45) is 7.19. The fourth-order valence-corrected chi connectivity index (χ4v) is 2.97. The van der Waals surface area contributed by atoms with Crippen molar-refractivity contribution in [3.63, 3.8) is 0 Å². The molecule has 3 heterocycles. The van der Waals surface area contributed by atoms with Crippen molar-refractivity contribution in [1.82, 2.24) is 15.6 Å². The van der Waals surface area contributed by atoms with Crippen LogP contribution in [-0.4, -0.2) is 48.7 Å². The molecule has 2 bridgehead atoms. The lowest BCUT2D eigenvalue weighted by atomic mass is 9.96. The number of hydrogen-bond donors (Lipinski definition) is 3. The van der Waals surface area contributed by atoms with Gasteiger partial charge in [-0.2, -0.15) is 0 Å². The van der Waals surface area contributed by atoms with Crippen LogP contribution in [0.15, 0.2) is 29.5 Å². The van der Waals surface area contributed by atoms with Crippen molar-refractivity contribution in [2.24, 2.45) is 4.99 Å². The summed E-state index contributed by atoms with van der Waals surface area (Å²) in [5.41, 5.74) is 0.679. The highest BCUT2D eigenvalue weighted by Crippen LogP contribution is 2.34. The summed E-state index contributed by atoms with van der Waals surface area (Å²) in [6.45, 7) is 0.149. The number of fused-ring (bicyclic) bond motifs is 2. The predicted octanol–water partition coefficient (Wildman–Crippen LogP) is 0.505. The summed E-state index contributed by atoms with van der Waals surface area (Å²) in [5, 5.41) is 9.14. The standard InChI is InChI=1S/C15H21N5O2/c1-16-15(20-12-7-11-4-5-13(12)22-11)18-9-14(21)19-10-3-2-6-17-8-10/h2-3,6,8,11-13H,4-5,7,9H2,1H3,(H,19,21)(H2,16,18,20). The first-order valence-corrected chi connectivity index (χ1v) is 7.57. The Balaban J connectivity index is 1.44. The number of rotatable bonds is 4. The molecule has 0 spiro atoms. The quantitative estimate of drug-likeness (QED) is 0.557. The average Bonchev–Trinajstić information content (AvgIpc) is 3.15. The fraction of sp³-hybridized carbons (Fsp3) is 0.533. The third kappa shape index (κ3) is 3.54. The maximum absolute atomic E-state index is 11.9. The molecule has 0 saturated carbocycles. The summed E-state index contributed by atoms with van der Waals surface area (Å²) in [6, 6.07) is 3.86. The second kappa shape index (κ2) is 6.74. The number of carbonyl (C=O) groups is 1. The lowest BCUT2D eigenvalue weighted by Gasteiger charge is -2.22. The Kier molecular flexibility index (Phi) is 4.53. The minimum Gasteiger partial charge on any atom is -0.373 e. The second-order valence-electron chi connectivity index (χ2n) is 5.58. The van der Waals surface area contributed by atoms with Gasteiger partial charge in [0.15, 0.2) is 5.96 Å². The summed E-state index contributed by atoms with van der Waals surface area (Å²) in [4.78, 5) is 20.0. The largest absolute Gasteiger partial charge is 0.373 e. The zero-order valence-electron chi connectivity index (χ0n) is 12.6. The second-order valence-corrected chi connectivity index (χ2v) is 5.58. The summed E-state index contributed by atoms with van der Waals surface area (Å²) in [7, 11) is 1.70. The number of ether oxygens (including phenoxy) is 1. The lowest BCUT2D eigenvalue weighted by Crippen LogP contribution is -2.49. The van der Waals surface area contributed by atoms with Gasteiger partial charge in [-0.05, 0) is 31.4 Å². The van der Waals surface area contributed by atoms with Gasteiger partial charge in [-0.15, -0.1) is 0 Å². The van der Waals surface area contributed by atoms with Crippen LogP contribution in [0.4, 0.5) is 5.69 Å². The van der Waals surface area contributed by atoms with Crippen LogP contribution in [0, 0.1) is 0 Å². The van der Waals surface area contributed by atoms with Crippen LogP contribution in [0.1, 0.15) is 19.3 Å². The van der Waals surface area contributed by atoms with E-state index in [0.717, 1.165) is 19.3 Å². The summed E-state index contributed by atoms with van der Waals surface area (Å²) < 4.78 is 5.80. The number of carbonyl (C=O) groups excluding carboxylic acids is 1. The maximum Gasteiger partial charge on any atom is 0.243 e. The fourth-order valence-electron chi connectivity index (χ4n) is 2.97. The van der Waals surface area contributed by atoms with Gasteiger partial charge >= 0.3 is 0 Å². The molecular formula is C15H21N5O2. The molecule has 3 unspecified atom stereocenters. The van der Waals surface area contributed by atoms with Crippen LogP contribution < -0.4 is 16.0 Å². The number of amides is 1. The minimum absolute atomic E-state index is 0.139. The average molecular weight is 303 g/mol. The molecule has 3 atom stereocenters. The highest BCUT2D eigenvalue weighted by Gasteiger charge is 2.41. The van der Waals surface area contributed by atoms with Crippen molar-refractivity contribution in [2.75, 3.05) is 18.9 Å². The van der Waals surface area contributed by atoms with Gasteiger partial charge in [-0.1, -0.05) is 0 Å². The van der Waals surface area contributed by atoms with Gasteiger partial charge < -0.3 is 20.7 Å². The van der Waals surface area contributed by atoms with Crippen molar-refractivity contribution in [3.8, 4) is 0 Å². The van der Waals surface area contributed by atoms with Crippen molar-refractivity contribution >= 4 is 17.6 Å². The van der Waals surface area contributed by atoms with Crippen molar-refractivity contribution in [3.05, 3.63) is 24.5 Å². The van der Waals surface area contributed by atoms with E-state index >= 15 is 0 Å².